The van der Waals surface area contributed by atoms with E-state index in [1.165, 1.54) is 0 Å². The second kappa shape index (κ2) is 5.29. The first kappa shape index (κ1) is 14.1. The first-order valence-electron chi connectivity index (χ1n) is 4.32. The Kier molecular flexibility index (Phi) is 4.98. The number of carbonyl (C=O) groups excluding carboxylic acids is 1. The van der Waals surface area contributed by atoms with Crippen LogP contribution in [0, 0.1) is 0 Å². The predicted molar refractivity (Wildman–Crippen MR) is 55.3 cm³/mol. The van der Waals surface area contributed by atoms with Gasteiger partial charge in [0.25, 0.3) is 0 Å². The molecule has 0 heterocycles. The molecular formula is C7H17N3O4S. The highest BCUT2D eigenvalue weighted by atomic mass is 32.2. The van der Waals surface area contributed by atoms with E-state index in [9.17, 15) is 13.2 Å². The monoisotopic (exact) mass is 239 g/mol. The quantitative estimate of drug-likeness (QED) is 0.587. The minimum Gasteiger partial charge on any atom is -0.452 e. The number of nitrogens with two attached hydrogens (primary N) is 1. The van der Waals surface area contributed by atoms with Gasteiger partial charge in [0.2, 0.25) is 0 Å². The van der Waals surface area contributed by atoms with Crippen molar-refractivity contribution in [2.24, 2.45) is 5.73 Å². The van der Waals surface area contributed by atoms with Crippen LogP contribution < -0.4 is 15.2 Å². The van der Waals surface area contributed by atoms with Crippen LogP contribution in [-0.4, -0.2) is 33.7 Å². The lowest BCUT2D eigenvalue weighted by Crippen LogP contribution is -2.50. The van der Waals surface area contributed by atoms with E-state index in [1.54, 1.807) is 18.6 Å². The predicted octanol–water partition coefficient (Wildman–Crippen LogP) is -0.696. The SMILES string of the molecule is COC(=O)NS(=O)(=O)NC(C)(C)CCN. The van der Waals surface area contributed by atoms with Crippen LogP contribution in [0.3, 0.4) is 0 Å². The van der Waals surface area contributed by atoms with Gasteiger partial charge in [0, 0.05) is 5.54 Å². The third-order valence-corrected chi connectivity index (χ3v) is 2.84. The van der Waals surface area contributed by atoms with Gasteiger partial charge >= 0.3 is 16.3 Å². The van der Waals surface area contributed by atoms with Crippen molar-refractivity contribution in [1.29, 1.82) is 0 Å². The summed E-state index contributed by atoms with van der Waals surface area (Å²) in [5.74, 6) is 0. The number of hydrogen-bond acceptors (Lipinski definition) is 5. The van der Waals surface area contributed by atoms with Gasteiger partial charge < -0.3 is 10.5 Å². The first-order valence-corrected chi connectivity index (χ1v) is 5.80. The molecule has 4 N–H and O–H groups in total. The number of hydrogen-bond donors (Lipinski definition) is 3. The summed E-state index contributed by atoms with van der Waals surface area (Å²) in [5.41, 5.74) is 4.60. The van der Waals surface area contributed by atoms with E-state index in [4.69, 9.17) is 5.73 Å². The molecule has 0 aliphatic rings. The second-order valence-electron chi connectivity index (χ2n) is 3.62. The standard InChI is InChI=1S/C7H17N3O4S/c1-7(2,4-5-8)10-15(12,13)9-6(11)14-3/h10H,4-5,8H2,1-3H3,(H,9,11). The Morgan fingerprint density at radius 3 is 2.40 bits per heavy atom. The van der Waals surface area contributed by atoms with Crippen molar-refractivity contribution >= 4 is 16.3 Å². The van der Waals surface area contributed by atoms with E-state index < -0.39 is 21.8 Å². The fraction of sp³-hybridized carbons (Fsp3) is 0.857. The average Bonchev–Trinajstić information content (AvgIpc) is 2.00. The largest absolute Gasteiger partial charge is 0.452 e. The van der Waals surface area contributed by atoms with E-state index in [1.807, 2.05) is 0 Å². The number of amides is 1. The van der Waals surface area contributed by atoms with Crippen LogP contribution in [0.4, 0.5) is 4.79 Å². The third kappa shape index (κ3) is 6.26. The second-order valence-corrected chi connectivity index (χ2v) is 5.04. The highest BCUT2D eigenvalue weighted by molar-refractivity contribution is 7.88. The normalized spacial score (nSPS) is 12.3. The number of rotatable bonds is 5. The summed E-state index contributed by atoms with van der Waals surface area (Å²) < 4.78 is 30.8. The molecule has 0 aliphatic carbocycles. The van der Waals surface area contributed by atoms with Gasteiger partial charge in [0.1, 0.15) is 0 Å². The van der Waals surface area contributed by atoms with Crippen molar-refractivity contribution in [3.05, 3.63) is 0 Å². The molecule has 0 rings (SSSR count). The van der Waals surface area contributed by atoms with E-state index in [0.29, 0.717) is 13.0 Å². The van der Waals surface area contributed by atoms with Crippen molar-refractivity contribution in [3.8, 4) is 0 Å². The lowest BCUT2D eigenvalue weighted by Gasteiger charge is -2.24. The number of nitrogens with one attached hydrogen (secondary N) is 2. The minimum absolute atomic E-state index is 0.341. The molecule has 0 aromatic rings. The lowest BCUT2D eigenvalue weighted by molar-refractivity contribution is 0.177. The molecule has 0 aromatic carbocycles. The number of carbonyl (C=O) groups is 1. The topological polar surface area (TPSA) is 111 Å². The van der Waals surface area contributed by atoms with Gasteiger partial charge in [-0.05, 0) is 26.8 Å². The molecule has 0 aromatic heterocycles. The molecular weight excluding hydrogens is 222 g/mol. The smallest absolute Gasteiger partial charge is 0.421 e. The van der Waals surface area contributed by atoms with Gasteiger partial charge in [-0.1, -0.05) is 0 Å². The average molecular weight is 239 g/mol. The van der Waals surface area contributed by atoms with Crippen LogP contribution in [0.15, 0.2) is 0 Å². The van der Waals surface area contributed by atoms with Gasteiger partial charge in [0.05, 0.1) is 7.11 Å². The molecule has 15 heavy (non-hydrogen) atoms. The Morgan fingerprint density at radius 2 is 2.00 bits per heavy atom. The van der Waals surface area contributed by atoms with Gasteiger partial charge in [-0.2, -0.15) is 13.1 Å². The summed E-state index contributed by atoms with van der Waals surface area (Å²) in [6.07, 6.45) is -0.583. The Morgan fingerprint density at radius 1 is 1.47 bits per heavy atom. The molecule has 0 unspecified atom stereocenters. The van der Waals surface area contributed by atoms with E-state index in [-0.39, 0.29) is 0 Å². The summed E-state index contributed by atoms with van der Waals surface area (Å²) in [4.78, 5) is 10.7. The zero-order valence-corrected chi connectivity index (χ0v) is 9.85. The maximum atomic E-state index is 11.3. The molecule has 0 atom stereocenters. The molecule has 8 heteroatoms. The first-order chi connectivity index (χ1) is 6.72. The number of ether oxygens (including phenoxy) is 1. The molecule has 0 bridgehead atoms. The maximum Gasteiger partial charge on any atom is 0.421 e. The zero-order valence-electron chi connectivity index (χ0n) is 9.03. The lowest BCUT2D eigenvalue weighted by atomic mass is 10.0. The van der Waals surface area contributed by atoms with Crippen LogP contribution in [0.2, 0.25) is 0 Å². The van der Waals surface area contributed by atoms with Gasteiger partial charge in [-0.3, -0.25) is 0 Å². The van der Waals surface area contributed by atoms with Crippen molar-refractivity contribution < 1.29 is 17.9 Å². The molecule has 7 nitrogen and oxygen atoms in total. The summed E-state index contributed by atoms with van der Waals surface area (Å²) >= 11 is 0. The highest BCUT2D eigenvalue weighted by Gasteiger charge is 2.25. The molecule has 0 saturated carbocycles. The Balaban J connectivity index is 4.44. The van der Waals surface area contributed by atoms with Gasteiger partial charge in [-0.15, -0.1) is 0 Å². The molecule has 0 aliphatic heterocycles. The summed E-state index contributed by atoms with van der Waals surface area (Å²) in [7, 11) is -2.82. The van der Waals surface area contributed by atoms with E-state index >= 15 is 0 Å². The fourth-order valence-electron chi connectivity index (χ4n) is 0.953. The van der Waals surface area contributed by atoms with Crippen molar-refractivity contribution in [3.63, 3.8) is 0 Å². The van der Waals surface area contributed by atoms with Crippen molar-refractivity contribution in [2.75, 3.05) is 13.7 Å². The molecule has 90 valence electrons. The molecule has 0 spiro atoms. The van der Waals surface area contributed by atoms with Crippen molar-refractivity contribution in [1.82, 2.24) is 9.44 Å². The van der Waals surface area contributed by atoms with E-state index in [2.05, 4.69) is 9.46 Å². The van der Waals surface area contributed by atoms with Gasteiger partial charge in [-0.25, -0.2) is 9.52 Å². The summed E-state index contributed by atoms with van der Waals surface area (Å²) in [5, 5.41) is 0. The number of methoxy groups -OCH3 is 1. The van der Waals surface area contributed by atoms with Crippen LogP contribution in [0.5, 0.6) is 0 Å². The van der Waals surface area contributed by atoms with E-state index in [0.717, 1.165) is 7.11 Å². The van der Waals surface area contributed by atoms with Crippen LogP contribution in [0.1, 0.15) is 20.3 Å². The maximum absolute atomic E-state index is 11.3. The summed E-state index contributed by atoms with van der Waals surface area (Å²) in [6, 6.07) is 0. The Labute approximate surface area is 89.5 Å². The highest BCUT2D eigenvalue weighted by Crippen LogP contribution is 2.07. The zero-order chi connectivity index (χ0) is 12.1. The summed E-state index contributed by atoms with van der Waals surface area (Å²) in [6.45, 7) is 3.67. The molecule has 0 fully saturated rings. The molecule has 1 amide bonds. The minimum atomic E-state index is -3.90. The van der Waals surface area contributed by atoms with Crippen molar-refractivity contribution in [2.45, 2.75) is 25.8 Å². The van der Waals surface area contributed by atoms with Crippen LogP contribution in [-0.2, 0) is 14.9 Å². The van der Waals surface area contributed by atoms with Gasteiger partial charge in [0.15, 0.2) is 0 Å². The third-order valence-electron chi connectivity index (χ3n) is 1.58. The van der Waals surface area contributed by atoms with Crippen LogP contribution >= 0.6 is 0 Å². The molecule has 0 saturated heterocycles. The molecule has 0 radical (unpaired) electrons. The fourth-order valence-corrected chi connectivity index (χ4v) is 2.14. The Bertz CT molecular complexity index is 312. The van der Waals surface area contributed by atoms with Crippen LogP contribution in [0.25, 0.3) is 0 Å². The Hall–Kier alpha value is -0.860.